The molecule has 4 heteroatoms. The Bertz CT molecular complexity index is 493. The molecule has 1 aromatic heterocycles. The summed E-state index contributed by atoms with van der Waals surface area (Å²) in [6.45, 7) is 6.22. The van der Waals surface area contributed by atoms with Crippen LogP contribution in [0.5, 0.6) is 0 Å². The molecule has 1 heterocycles. The molecule has 3 nitrogen and oxygen atoms in total. The van der Waals surface area contributed by atoms with Gasteiger partial charge in [0, 0.05) is 26.2 Å². The van der Waals surface area contributed by atoms with E-state index in [1.54, 1.807) is 7.11 Å². The minimum absolute atomic E-state index is 0.478. The number of methoxy groups -OCH3 is 1. The zero-order chi connectivity index (χ0) is 14.4. The van der Waals surface area contributed by atoms with Crippen LogP contribution in [0.1, 0.15) is 25.3 Å². The summed E-state index contributed by atoms with van der Waals surface area (Å²) in [5.41, 5.74) is 1.12. The number of likely N-dealkylation sites (N-methyl/N-ethyl adjacent to an activating group) is 1. The number of hydrogen-bond acceptors (Lipinski definition) is 4. The molecule has 2 atom stereocenters. The summed E-state index contributed by atoms with van der Waals surface area (Å²) in [7, 11) is 1.77. The highest BCUT2D eigenvalue weighted by Crippen LogP contribution is 2.23. The molecule has 0 aliphatic heterocycles. The molecule has 0 saturated carbocycles. The fourth-order valence-electron chi connectivity index (χ4n) is 2.58. The fourth-order valence-corrected chi connectivity index (χ4v) is 3.63. The monoisotopic (exact) mass is 292 g/mol. The van der Waals surface area contributed by atoms with Gasteiger partial charge in [-0.1, -0.05) is 26.0 Å². The first-order valence-electron chi connectivity index (χ1n) is 7.29. The molecule has 1 aromatic carbocycles. The van der Waals surface area contributed by atoms with Gasteiger partial charge >= 0.3 is 0 Å². The summed E-state index contributed by atoms with van der Waals surface area (Å²) in [6.07, 6.45) is 2.12. The summed E-state index contributed by atoms with van der Waals surface area (Å²) in [6, 6.07) is 8.84. The standard InChI is InChI=1S/C16H24N2OS/c1-4-17-13(9-12(2)11-19-3)10-16-18-14-7-5-6-8-15(14)20-16/h5-8,12-13,17H,4,9-11H2,1-3H3. The zero-order valence-corrected chi connectivity index (χ0v) is 13.4. The van der Waals surface area contributed by atoms with Crippen LogP contribution in [0.15, 0.2) is 24.3 Å². The Morgan fingerprint density at radius 1 is 1.35 bits per heavy atom. The topological polar surface area (TPSA) is 34.2 Å². The highest BCUT2D eigenvalue weighted by molar-refractivity contribution is 7.18. The lowest BCUT2D eigenvalue weighted by Gasteiger charge is -2.20. The van der Waals surface area contributed by atoms with Crippen molar-refractivity contribution in [2.45, 2.75) is 32.7 Å². The van der Waals surface area contributed by atoms with Crippen molar-refractivity contribution in [1.29, 1.82) is 0 Å². The molecule has 110 valence electrons. The van der Waals surface area contributed by atoms with Gasteiger partial charge in [-0.05, 0) is 31.0 Å². The summed E-state index contributed by atoms with van der Waals surface area (Å²) >= 11 is 1.81. The molecule has 0 amide bonds. The second-order valence-corrected chi connectivity index (χ2v) is 6.45. The van der Waals surface area contributed by atoms with Gasteiger partial charge in [0.1, 0.15) is 0 Å². The lowest BCUT2D eigenvalue weighted by molar-refractivity contribution is 0.149. The number of aromatic nitrogens is 1. The predicted octanol–water partition coefficient (Wildman–Crippen LogP) is 3.49. The lowest BCUT2D eigenvalue weighted by Crippen LogP contribution is -2.33. The van der Waals surface area contributed by atoms with Gasteiger partial charge in [0.05, 0.1) is 15.2 Å². The molecule has 0 saturated heterocycles. The van der Waals surface area contributed by atoms with Crippen LogP contribution in [0.2, 0.25) is 0 Å². The van der Waals surface area contributed by atoms with Crippen molar-refractivity contribution < 1.29 is 4.74 Å². The van der Waals surface area contributed by atoms with E-state index < -0.39 is 0 Å². The van der Waals surface area contributed by atoms with E-state index in [1.807, 2.05) is 17.4 Å². The summed E-state index contributed by atoms with van der Waals surface area (Å²) in [4.78, 5) is 4.74. The molecule has 0 radical (unpaired) electrons. The van der Waals surface area contributed by atoms with Crippen molar-refractivity contribution in [3.05, 3.63) is 29.3 Å². The Kier molecular flexibility index (Phi) is 5.95. The van der Waals surface area contributed by atoms with Gasteiger partial charge < -0.3 is 10.1 Å². The van der Waals surface area contributed by atoms with Gasteiger partial charge in [0.25, 0.3) is 0 Å². The Labute approximate surface area is 125 Å². The molecule has 0 fully saturated rings. The second-order valence-electron chi connectivity index (χ2n) is 5.33. The maximum absolute atomic E-state index is 5.24. The predicted molar refractivity (Wildman–Crippen MR) is 86.4 cm³/mol. The van der Waals surface area contributed by atoms with Crippen LogP contribution in [0.4, 0.5) is 0 Å². The molecule has 2 unspecified atom stereocenters. The molecule has 0 bridgehead atoms. The molecule has 0 aliphatic rings. The van der Waals surface area contributed by atoms with Crippen molar-refractivity contribution in [2.24, 2.45) is 5.92 Å². The van der Waals surface area contributed by atoms with Crippen LogP contribution in [0.3, 0.4) is 0 Å². The fraction of sp³-hybridized carbons (Fsp3) is 0.562. The van der Waals surface area contributed by atoms with E-state index in [0.29, 0.717) is 12.0 Å². The van der Waals surface area contributed by atoms with Crippen molar-refractivity contribution in [1.82, 2.24) is 10.3 Å². The van der Waals surface area contributed by atoms with Crippen LogP contribution in [-0.4, -0.2) is 31.3 Å². The Hall–Kier alpha value is -0.970. The first-order valence-corrected chi connectivity index (χ1v) is 8.11. The van der Waals surface area contributed by atoms with E-state index in [1.165, 1.54) is 9.71 Å². The van der Waals surface area contributed by atoms with E-state index in [4.69, 9.17) is 9.72 Å². The number of ether oxygens (including phenoxy) is 1. The third-order valence-electron chi connectivity index (χ3n) is 3.39. The van der Waals surface area contributed by atoms with Crippen LogP contribution in [0.25, 0.3) is 10.2 Å². The number of nitrogens with one attached hydrogen (secondary N) is 1. The molecular formula is C16H24N2OS. The van der Waals surface area contributed by atoms with Gasteiger partial charge in [0.2, 0.25) is 0 Å². The molecule has 1 N–H and O–H groups in total. The number of fused-ring (bicyclic) bond motifs is 1. The SMILES string of the molecule is CCNC(Cc1nc2ccccc2s1)CC(C)COC. The summed E-state index contributed by atoms with van der Waals surface area (Å²) in [5.74, 6) is 0.568. The van der Waals surface area contributed by atoms with Crippen molar-refractivity contribution in [2.75, 3.05) is 20.3 Å². The maximum Gasteiger partial charge on any atom is 0.0954 e. The van der Waals surface area contributed by atoms with Gasteiger partial charge in [0.15, 0.2) is 0 Å². The highest BCUT2D eigenvalue weighted by atomic mass is 32.1. The molecule has 20 heavy (non-hydrogen) atoms. The van der Waals surface area contributed by atoms with Gasteiger partial charge in [-0.15, -0.1) is 11.3 Å². The molecular weight excluding hydrogens is 268 g/mol. The highest BCUT2D eigenvalue weighted by Gasteiger charge is 2.15. The van der Waals surface area contributed by atoms with Crippen molar-refractivity contribution in [3.63, 3.8) is 0 Å². The minimum atomic E-state index is 0.478. The van der Waals surface area contributed by atoms with Crippen LogP contribution < -0.4 is 5.32 Å². The van der Waals surface area contributed by atoms with E-state index >= 15 is 0 Å². The number of nitrogens with zero attached hydrogens (tertiary/aromatic N) is 1. The maximum atomic E-state index is 5.24. The first kappa shape index (κ1) is 15.4. The number of thiazole rings is 1. The Balaban J connectivity index is 2.02. The largest absolute Gasteiger partial charge is 0.384 e. The molecule has 0 spiro atoms. The average Bonchev–Trinajstić information content (AvgIpc) is 2.81. The van der Waals surface area contributed by atoms with Gasteiger partial charge in [-0.2, -0.15) is 0 Å². The Morgan fingerprint density at radius 2 is 2.15 bits per heavy atom. The number of benzene rings is 1. The third-order valence-corrected chi connectivity index (χ3v) is 4.45. The average molecular weight is 292 g/mol. The van der Waals surface area contributed by atoms with Crippen LogP contribution in [0, 0.1) is 5.92 Å². The first-order chi connectivity index (χ1) is 9.72. The summed E-state index contributed by atoms with van der Waals surface area (Å²) < 4.78 is 6.52. The number of para-hydroxylation sites is 1. The van der Waals surface area contributed by atoms with Crippen molar-refractivity contribution >= 4 is 21.6 Å². The van der Waals surface area contributed by atoms with Crippen LogP contribution in [-0.2, 0) is 11.2 Å². The van der Waals surface area contributed by atoms with E-state index in [2.05, 4.69) is 37.4 Å². The molecule has 2 aromatic rings. The zero-order valence-electron chi connectivity index (χ0n) is 12.6. The Morgan fingerprint density at radius 3 is 2.85 bits per heavy atom. The van der Waals surface area contributed by atoms with Gasteiger partial charge in [-0.25, -0.2) is 4.98 Å². The van der Waals surface area contributed by atoms with Crippen molar-refractivity contribution in [3.8, 4) is 0 Å². The van der Waals surface area contributed by atoms with E-state index in [-0.39, 0.29) is 0 Å². The number of hydrogen-bond donors (Lipinski definition) is 1. The molecule has 0 aliphatic carbocycles. The smallest absolute Gasteiger partial charge is 0.0954 e. The third kappa shape index (κ3) is 4.27. The lowest BCUT2D eigenvalue weighted by atomic mass is 10.0. The van der Waals surface area contributed by atoms with E-state index in [0.717, 1.165) is 31.5 Å². The quantitative estimate of drug-likeness (QED) is 0.808. The van der Waals surface area contributed by atoms with Gasteiger partial charge in [-0.3, -0.25) is 0 Å². The van der Waals surface area contributed by atoms with Crippen LogP contribution >= 0.6 is 11.3 Å². The molecule has 2 rings (SSSR count). The summed E-state index contributed by atoms with van der Waals surface area (Å²) in [5, 5.41) is 4.80. The normalized spacial score (nSPS) is 14.6. The van der Waals surface area contributed by atoms with E-state index in [9.17, 15) is 0 Å². The number of rotatable bonds is 8. The minimum Gasteiger partial charge on any atom is -0.384 e. The second kappa shape index (κ2) is 7.72.